The number of halogens is 1. The quantitative estimate of drug-likeness (QED) is 0.600. The zero-order valence-electron chi connectivity index (χ0n) is 16.7. The molecule has 3 rings (SSSR count). The molecule has 2 amide bonds. The zero-order chi connectivity index (χ0) is 21.0. The topological polar surface area (TPSA) is 74.4 Å². The Labute approximate surface area is 174 Å². The molecule has 1 heterocycles. The van der Waals surface area contributed by atoms with Crippen molar-refractivity contribution in [3.63, 3.8) is 0 Å². The van der Waals surface area contributed by atoms with Gasteiger partial charge in [-0.1, -0.05) is 36.7 Å². The average Bonchev–Trinajstić information content (AvgIpc) is 2.69. The number of aromatic amines is 1. The molecule has 6 nitrogen and oxygen atoms in total. The zero-order valence-corrected chi connectivity index (χ0v) is 17.5. The van der Waals surface area contributed by atoms with Crippen LogP contribution < -0.4 is 15.6 Å². The van der Waals surface area contributed by atoms with E-state index >= 15 is 0 Å². The Hall–Kier alpha value is -2.99. The first-order valence-electron chi connectivity index (χ1n) is 9.44. The number of urea groups is 1. The number of carbonyl (C=O) groups is 1. The summed E-state index contributed by atoms with van der Waals surface area (Å²) in [6.07, 6.45) is 0.777. The molecule has 0 spiro atoms. The van der Waals surface area contributed by atoms with Gasteiger partial charge in [-0.3, -0.25) is 4.79 Å². The molecular formula is C22H24ClN3O3. The molecule has 0 saturated carbocycles. The highest BCUT2D eigenvalue weighted by atomic mass is 35.5. The van der Waals surface area contributed by atoms with Gasteiger partial charge in [0, 0.05) is 24.5 Å². The molecule has 29 heavy (non-hydrogen) atoms. The number of pyridine rings is 1. The van der Waals surface area contributed by atoms with Gasteiger partial charge in [0.1, 0.15) is 5.75 Å². The summed E-state index contributed by atoms with van der Waals surface area (Å²) in [5, 5.41) is 4.20. The van der Waals surface area contributed by atoms with Crippen LogP contribution in [0.3, 0.4) is 0 Å². The number of carbonyl (C=O) groups excluding carboxylic acids is 1. The molecule has 0 saturated heterocycles. The van der Waals surface area contributed by atoms with Crippen LogP contribution in [0.1, 0.15) is 24.5 Å². The minimum absolute atomic E-state index is 0.240. The summed E-state index contributed by atoms with van der Waals surface area (Å²) in [6.45, 7) is 4.76. The van der Waals surface area contributed by atoms with Crippen LogP contribution in [0.25, 0.3) is 10.9 Å². The molecule has 0 aliphatic carbocycles. The molecule has 1 aromatic heterocycles. The Balaban J connectivity index is 1.92. The van der Waals surface area contributed by atoms with E-state index in [2.05, 4.69) is 10.3 Å². The fourth-order valence-corrected chi connectivity index (χ4v) is 3.55. The van der Waals surface area contributed by atoms with Crippen molar-refractivity contribution in [2.45, 2.75) is 26.8 Å². The van der Waals surface area contributed by atoms with Crippen LogP contribution in [-0.4, -0.2) is 29.6 Å². The molecule has 2 N–H and O–H groups in total. The summed E-state index contributed by atoms with van der Waals surface area (Å²) in [5.74, 6) is 0.583. The first-order chi connectivity index (χ1) is 13.9. The van der Waals surface area contributed by atoms with Crippen molar-refractivity contribution in [1.82, 2.24) is 9.88 Å². The lowest BCUT2D eigenvalue weighted by molar-refractivity contribution is 0.209. The van der Waals surface area contributed by atoms with Gasteiger partial charge in [0.15, 0.2) is 0 Å². The smallest absolute Gasteiger partial charge is 0.322 e. The fraction of sp³-hybridized carbons (Fsp3) is 0.273. The summed E-state index contributed by atoms with van der Waals surface area (Å²) < 4.78 is 5.36. The number of amides is 2. The molecule has 0 unspecified atom stereocenters. The van der Waals surface area contributed by atoms with Crippen molar-refractivity contribution >= 4 is 34.2 Å². The number of nitrogens with zero attached hydrogens (tertiary/aromatic N) is 1. The lowest BCUT2D eigenvalue weighted by Gasteiger charge is -2.24. The molecule has 0 aliphatic heterocycles. The molecule has 0 bridgehead atoms. The van der Waals surface area contributed by atoms with Gasteiger partial charge in [0.2, 0.25) is 5.56 Å². The largest absolute Gasteiger partial charge is 0.495 e. The van der Waals surface area contributed by atoms with Crippen molar-refractivity contribution in [2.75, 3.05) is 19.0 Å². The maximum Gasteiger partial charge on any atom is 0.322 e. The molecule has 0 fully saturated rings. The van der Waals surface area contributed by atoms with Gasteiger partial charge in [-0.2, -0.15) is 0 Å². The van der Waals surface area contributed by atoms with Crippen LogP contribution in [0.15, 0.2) is 47.3 Å². The molecule has 3 aromatic rings. The molecule has 0 aliphatic rings. The third-order valence-corrected chi connectivity index (χ3v) is 4.97. The van der Waals surface area contributed by atoms with Gasteiger partial charge < -0.3 is 19.9 Å². The maximum atomic E-state index is 12.9. The van der Waals surface area contributed by atoms with E-state index in [1.54, 1.807) is 30.2 Å². The van der Waals surface area contributed by atoms with Crippen LogP contribution >= 0.6 is 11.6 Å². The molecule has 0 atom stereocenters. The first kappa shape index (κ1) is 20.7. The Morgan fingerprint density at radius 2 is 2.03 bits per heavy atom. The van der Waals surface area contributed by atoms with E-state index < -0.39 is 0 Å². The highest BCUT2D eigenvalue weighted by Crippen LogP contribution is 2.26. The summed E-state index contributed by atoms with van der Waals surface area (Å²) >= 11 is 6.26. The molecule has 0 radical (unpaired) electrons. The summed E-state index contributed by atoms with van der Waals surface area (Å²) in [4.78, 5) is 29.6. The second-order valence-electron chi connectivity index (χ2n) is 6.88. The van der Waals surface area contributed by atoms with Crippen molar-refractivity contribution in [3.05, 3.63) is 69.0 Å². The summed E-state index contributed by atoms with van der Waals surface area (Å²) in [6, 6.07) is 12.3. The Morgan fingerprint density at radius 1 is 1.24 bits per heavy atom. The number of aryl methyl sites for hydroxylation is 1. The van der Waals surface area contributed by atoms with Gasteiger partial charge in [-0.15, -0.1) is 0 Å². The van der Waals surface area contributed by atoms with Crippen LogP contribution in [0, 0.1) is 6.92 Å². The lowest BCUT2D eigenvalue weighted by Crippen LogP contribution is -2.35. The Morgan fingerprint density at radius 3 is 2.72 bits per heavy atom. The number of ether oxygens (including phenoxy) is 1. The third-order valence-electron chi connectivity index (χ3n) is 4.65. The number of para-hydroxylation sites is 1. The minimum atomic E-state index is -0.270. The Kier molecular flexibility index (Phi) is 6.44. The van der Waals surface area contributed by atoms with Crippen LogP contribution in [-0.2, 0) is 6.54 Å². The minimum Gasteiger partial charge on any atom is -0.495 e. The normalized spacial score (nSPS) is 10.8. The van der Waals surface area contributed by atoms with Gasteiger partial charge >= 0.3 is 6.03 Å². The number of hydrogen-bond donors (Lipinski definition) is 2. The van der Waals surface area contributed by atoms with Crippen molar-refractivity contribution in [2.24, 2.45) is 0 Å². The van der Waals surface area contributed by atoms with Crippen LogP contribution in [0.5, 0.6) is 5.75 Å². The van der Waals surface area contributed by atoms with E-state index in [0.29, 0.717) is 28.5 Å². The molecule has 152 valence electrons. The van der Waals surface area contributed by atoms with Crippen LogP contribution in [0.2, 0.25) is 5.02 Å². The third kappa shape index (κ3) is 4.71. The molecule has 2 aromatic carbocycles. The number of rotatable bonds is 6. The number of hydrogen-bond acceptors (Lipinski definition) is 3. The maximum absolute atomic E-state index is 12.9. The monoisotopic (exact) mass is 413 g/mol. The van der Waals surface area contributed by atoms with E-state index in [1.165, 1.54) is 6.07 Å². The highest BCUT2D eigenvalue weighted by molar-refractivity contribution is 6.33. The average molecular weight is 414 g/mol. The van der Waals surface area contributed by atoms with Gasteiger partial charge in [0.25, 0.3) is 0 Å². The van der Waals surface area contributed by atoms with Crippen molar-refractivity contribution in [1.29, 1.82) is 0 Å². The number of fused-ring (bicyclic) bond motifs is 1. The fourth-order valence-electron chi connectivity index (χ4n) is 3.27. The second kappa shape index (κ2) is 9.01. The van der Waals surface area contributed by atoms with E-state index in [-0.39, 0.29) is 18.1 Å². The number of benzene rings is 2. The number of methoxy groups -OCH3 is 1. The van der Waals surface area contributed by atoms with E-state index in [9.17, 15) is 9.59 Å². The van der Waals surface area contributed by atoms with E-state index in [1.807, 2.05) is 32.0 Å². The van der Waals surface area contributed by atoms with Crippen molar-refractivity contribution < 1.29 is 9.53 Å². The highest BCUT2D eigenvalue weighted by Gasteiger charge is 2.17. The second-order valence-corrected chi connectivity index (χ2v) is 7.28. The number of aromatic nitrogens is 1. The number of nitrogens with one attached hydrogen (secondary N) is 2. The SMILES string of the molecule is CCCN(Cc1cc(=O)[nH]c2c(OC)cccc12)C(=O)Nc1ccc(C)cc1Cl. The predicted octanol–water partition coefficient (Wildman–Crippen LogP) is 4.94. The van der Waals surface area contributed by atoms with Gasteiger partial charge in [-0.25, -0.2) is 4.79 Å². The van der Waals surface area contributed by atoms with Crippen LogP contribution in [0.4, 0.5) is 10.5 Å². The van der Waals surface area contributed by atoms with E-state index in [0.717, 1.165) is 22.9 Å². The summed E-state index contributed by atoms with van der Waals surface area (Å²) in [7, 11) is 1.56. The van der Waals surface area contributed by atoms with Crippen molar-refractivity contribution in [3.8, 4) is 5.75 Å². The lowest BCUT2D eigenvalue weighted by atomic mass is 10.1. The first-order valence-corrected chi connectivity index (χ1v) is 9.81. The Bertz CT molecular complexity index is 1090. The van der Waals surface area contributed by atoms with E-state index in [4.69, 9.17) is 16.3 Å². The predicted molar refractivity (Wildman–Crippen MR) is 117 cm³/mol. The molecule has 7 heteroatoms. The standard InChI is InChI=1S/C22H24ClN3O3/c1-4-10-26(22(28)24-18-9-8-14(2)11-17(18)23)13-15-12-20(27)25-21-16(15)6-5-7-19(21)29-3/h5-9,11-12H,4,10,13H2,1-3H3,(H,24,28)(H,25,27). The number of H-pyrrole nitrogens is 1. The summed E-state index contributed by atoms with van der Waals surface area (Å²) in [5.41, 5.74) is 2.70. The van der Waals surface area contributed by atoms with Gasteiger partial charge in [-0.05, 0) is 42.7 Å². The molecular weight excluding hydrogens is 390 g/mol. The van der Waals surface area contributed by atoms with Gasteiger partial charge in [0.05, 0.1) is 23.3 Å². The number of anilines is 1.